The molecule has 0 aliphatic heterocycles. The van der Waals surface area contributed by atoms with Gasteiger partial charge in [-0.3, -0.25) is 0 Å². The number of carboxylic acid groups (broad SMARTS) is 1. The van der Waals surface area contributed by atoms with E-state index in [2.05, 4.69) is 30.0 Å². The minimum atomic E-state index is -5.00. The molecule has 0 saturated heterocycles. The molecular formula is C10H9F3O5S3. The van der Waals surface area contributed by atoms with Gasteiger partial charge in [0, 0.05) is 6.26 Å². The minimum absolute atomic E-state index is 0.372. The van der Waals surface area contributed by atoms with Gasteiger partial charge in [0.05, 0.1) is 4.90 Å². The summed E-state index contributed by atoms with van der Waals surface area (Å²) in [5, 5.41) is 8.95. The van der Waals surface area contributed by atoms with Crippen molar-refractivity contribution >= 4 is 41.1 Å². The maximum absolute atomic E-state index is 12.6. The number of sulfone groups is 1. The van der Waals surface area contributed by atoms with Crippen LogP contribution >= 0.6 is 25.3 Å². The lowest BCUT2D eigenvalue weighted by Gasteiger charge is -2.27. The van der Waals surface area contributed by atoms with Crippen LogP contribution in [0.15, 0.2) is 23.1 Å². The van der Waals surface area contributed by atoms with Crippen LogP contribution in [0.2, 0.25) is 0 Å². The van der Waals surface area contributed by atoms with E-state index in [4.69, 9.17) is 5.11 Å². The first-order chi connectivity index (χ1) is 9.25. The first kappa shape index (κ1) is 18.0. The third-order valence-corrected chi connectivity index (χ3v) is 4.03. The van der Waals surface area contributed by atoms with Crippen molar-refractivity contribution in [3.05, 3.63) is 23.8 Å². The molecule has 0 aliphatic rings. The summed E-state index contributed by atoms with van der Waals surface area (Å²) in [6.45, 7) is 0. The van der Waals surface area contributed by atoms with Crippen molar-refractivity contribution in [3.63, 3.8) is 0 Å². The van der Waals surface area contributed by atoms with Crippen LogP contribution in [-0.4, -0.2) is 36.2 Å². The van der Waals surface area contributed by atoms with Gasteiger partial charge in [0.15, 0.2) is 9.84 Å². The Balaban J connectivity index is 3.36. The number of hydrogen-bond donors (Lipinski definition) is 3. The molecule has 0 amide bonds. The van der Waals surface area contributed by atoms with Crippen LogP contribution in [0.25, 0.3) is 0 Å². The minimum Gasteiger partial charge on any atom is -0.478 e. The lowest BCUT2D eigenvalue weighted by molar-refractivity contribution is -0.177. The molecule has 0 bridgehead atoms. The molecule has 0 radical (unpaired) electrons. The van der Waals surface area contributed by atoms with E-state index in [9.17, 15) is 26.4 Å². The zero-order valence-corrected chi connectivity index (χ0v) is 12.9. The highest BCUT2D eigenvalue weighted by molar-refractivity contribution is 8.00. The lowest BCUT2D eigenvalue weighted by Crippen LogP contribution is -2.40. The van der Waals surface area contributed by atoms with Gasteiger partial charge in [0.2, 0.25) is 0 Å². The quantitative estimate of drug-likeness (QED) is 0.565. The van der Waals surface area contributed by atoms with Crippen molar-refractivity contribution in [3.8, 4) is 5.75 Å². The third-order valence-electron chi connectivity index (χ3n) is 2.23. The van der Waals surface area contributed by atoms with Crippen molar-refractivity contribution in [2.45, 2.75) is 15.3 Å². The van der Waals surface area contributed by atoms with E-state index in [-0.39, 0.29) is 4.90 Å². The molecule has 0 unspecified atom stereocenters. The molecule has 0 aliphatic carbocycles. The van der Waals surface area contributed by atoms with Crippen molar-refractivity contribution in [2.75, 3.05) is 6.26 Å². The molecule has 118 valence electrons. The van der Waals surface area contributed by atoms with Crippen molar-refractivity contribution in [1.82, 2.24) is 0 Å². The summed E-state index contributed by atoms with van der Waals surface area (Å²) in [6.07, 6.45) is -4.17. The normalized spacial score (nSPS) is 13.0. The third kappa shape index (κ3) is 4.20. The average Bonchev–Trinajstić information content (AvgIpc) is 2.25. The number of carboxylic acids is 1. The van der Waals surface area contributed by atoms with E-state index in [1.165, 1.54) is 0 Å². The average molecular weight is 362 g/mol. The fourth-order valence-electron chi connectivity index (χ4n) is 1.21. The Morgan fingerprint density at radius 1 is 1.29 bits per heavy atom. The molecule has 0 atom stereocenters. The Morgan fingerprint density at radius 3 is 2.19 bits per heavy atom. The number of ether oxygens (including phenoxy) is 1. The van der Waals surface area contributed by atoms with E-state index in [1.807, 2.05) is 0 Å². The van der Waals surface area contributed by atoms with Gasteiger partial charge in [0.25, 0.3) is 4.27 Å². The summed E-state index contributed by atoms with van der Waals surface area (Å²) in [5.41, 5.74) is -0.755. The number of benzene rings is 1. The Morgan fingerprint density at radius 2 is 1.81 bits per heavy atom. The highest BCUT2D eigenvalue weighted by atomic mass is 32.2. The predicted octanol–water partition coefficient (Wildman–Crippen LogP) is 2.24. The van der Waals surface area contributed by atoms with Gasteiger partial charge in [0.1, 0.15) is 11.3 Å². The molecule has 5 nitrogen and oxygen atoms in total. The smallest absolute Gasteiger partial charge is 0.448 e. The maximum atomic E-state index is 12.6. The van der Waals surface area contributed by atoms with Crippen molar-refractivity contribution < 1.29 is 36.2 Å². The Labute approximate surface area is 128 Å². The van der Waals surface area contributed by atoms with Crippen molar-refractivity contribution in [1.29, 1.82) is 0 Å². The number of thiol groups is 2. The van der Waals surface area contributed by atoms with Crippen LogP contribution in [0, 0.1) is 0 Å². The second-order valence-electron chi connectivity index (χ2n) is 3.94. The van der Waals surface area contributed by atoms with Crippen LogP contribution in [0.5, 0.6) is 5.75 Å². The van der Waals surface area contributed by atoms with Gasteiger partial charge in [-0.15, -0.1) is 25.3 Å². The summed E-state index contributed by atoms with van der Waals surface area (Å²) in [7, 11) is -3.73. The molecule has 0 heterocycles. The van der Waals surface area contributed by atoms with E-state index in [0.29, 0.717) is 6.07 Å². The lowest BCUT2D eigenvalue weighted by atomic mass is 10.2. The first-order valence-electron chi connectivity index (χ1n) is 5.03. The van der Waals surface area contributed by atoms with E-state index in [0.717, 1.165) is 18.4 Å². The molecule has 1 N–H and O–H groups in total. The zero-order valence-electron chi connectivity index (χ0n) is 10.2. The summed E-state index contributed by atoms with van der Waals surface area (Å²) < 4.78 is 61.7. The Hall–Kier alpha value is -1.07. The van der Waals surface area contributed by atoms with Crippen LogP contribution in [0.3, 0.4) is 0 Å². The first-order valence-corrected chi connectivity index (χ1v) is 7.82. The molecule has 1 aromatic carbocycles. The topological polar surface area (TPSA) is 80.7 Å². The SMILES string of the molecule is CS(=O)(=O)c1ccc(OC(S)(S)C(F)(F)F)c(C(=O)O)c1. The molecule has 1 rings (SSSR count). The standard InChI is InChI=1S/C10H9F3O5S3/c1-21(16,17)5-2-3-7(6(4-5)8(14)15)18-10(19,20)9(11,12)13/h2-4,19-20H,1H3,(H,14,15). The number of carbonyl (C=O) groups is 1. The van der Waals surface area contributed by atoms with E-state index >= 15 is 0 Å². The molecule has 0 saturated carbocycles. The van der Waals surface area contributed by atoms with Gasteiger partial charge in [-0.25, -0.2) is 13.2 Å². The number of rotatable bonds is 4. The van der Waals surface area contributed by atoms with Crippen LogP contribution in [0.4, 0.5) is 13.2 Å². The molecule has 21 heavy (non-hydrogen) atoms. The van der Waals surface area contributed by atoms with Gasteiger partial charge >= 0.3 is 12.1 Å². The number of hydrogen-bond acceptors (Lipinski definition) is 6. The molecule has 0 aromatic heterocycles. The van der Waals surface area contributed by atoms with Crippen LogP contribution in [-0.2, 0) is 9.84 Å². The summed E-state index contributed by atoms with van der Waals surface area (Å²) in [4.78, 5) is 10.7. The van der Waals surface area contributed by atoms with Gasteiger partial charge in [-0.1, -0.05) is 0 Å². The maximum Gasteiger partial charge on any atom is 0.448 e. The van der Waals surface area contributed by atoms with Crippen LogP contribution < -0.4 is 4.74 Å². The summed E-state index contributed by atoms with van der Waals surface area (Å²) in [6, 6.07) is 2.42. The second kappa shape index (κ2) is 5.61. The van der Waals surface area contributed by atoms with Gasteiger partial charge in [-0.05, 0) is 18.2 Å². The van der Waals surface area contributed by atoms with Crippen LogP contribution in [0.1, 0.15) is 10.4 Å². The largest absolute Gasteiger partial charge is 0.478 e. The molecule has 0 spiro atoms. The number of halogens is 3. The molecular weight excluding hydrogens is 353 g/mol. The second-order valence-corrected chi connectivity index (χ2v) is 7.57. The Kier molecular flexibility index (Phi) is 4.81. The fourth-order valence-corrected chi connectivity index (χ4v) is 2.05. The fraction of sp³-hybridized carbons (Fsp3) is 0.300. The van der Waals surface area contributed by atoms with Crippen molar-refractivity contribution in [2.24, 2.45) is 0 Å². The number of aromatic carboxylic acids is 1. The molecule has 1 aromatic rings. The summed E-state index contributed by atoms with van der Waals surface area (Å²) >= 11 is 6.37. The zero-order chi connectivity index (χ0) is 16.6. The molecule has 11 heteroatoms. The molecule has 0 fully saturated rings. The highest BCUT2D eigenvalue weighted by Gasteiger charge is 2.53. The van der Waals surface area contributed by atoms with E-state index in [1.54, 1.807) is 0 Å². The highest BCUT2D eigenvalue weighted by Crippen LogP contribution is 2.41. The summed E-state index contributed by atoms with van der Waals surface area (Å²) in [5.74, 6) is -2.37. The number of alkyl halides is 3. The Bertz CT molecular complexity index is 667. The monoisotopic (exact) mass is 362 g/mol. The predicted molar refractivity (Wildman–Crippen MR) is 73.9 cm³/mol. The van der Waals surface area contributed by atoms with Gasteiger partial charge < -0.3 is 9.84 Å². The van der Waals surface area contributed by atoms with Gasteiger partial charge in [-0.2, -0.15) is 13.2 Å². The van der Waals surface area contributed by atoms with E-state index < -0.39 is 37.6 Å².